The Labute approximate surface area is 179 Å². The van der Waals surface area contributed by atoms with Crippen molar-refractivity contribution in [3.05, 3.63) is 63.7 Å². The molecule has 0 fully saturated rings. The number of ether oxygens (including phenoxy) is 2. The fraction of sp³-hybridized carbons (Fsp3) is 0.400. The topological polar surface area (TPSA) is 66.5 Å². The van der Waals surface area contributed by atoms with Crippen LogP contribution in [0.5, 0.6) is 11.5 Å². The molecule has 2 rings (SSSR count). The van der Waals surface area contributed by atoms with Gasteiger partial charge in [-0.25, -0.2) is 0 Å². The van der Waals surface area contributed by atoms with Crippen LogP contribution in [-0.4, -0.2) is 11.2 Å². The molecule has 162 valence electrons. The number of aryl methyl sites for hydroxylation is 1. The van der Waals surface area contributed by atoms with Crippen LogP contribution >= 0.6 is 0 Å². The lowest BCUT2D eigenvalue weighted by atomic mass is 10.1. The quantitative estimate of drug-likeness (QED) is 0.318. The van der Waals surface area contributed by atoms with Gasteiger partial charge in [0.15, 0.2) is 5.75 Å². The lowest BCUT2D eigenvalue weighted by Gasteiger charge is -2.17. The van der Waals surface area contributed by atoms with E-state index >= 15 is 0 Å². The molecule has 30 heavy (non-hydrogen) atoms. The summed E-state index contributed by atoms with van der Waals surface area (Å²) in [6, 6.07) is 5.45. The smallest absolute Gasteiger partial charge is 0.297 e. The highest BCUT2D eigenvalue weighted by Crippen LogP contribution is 2.35. The summed E-state index contributed by atoms with van der Waals surface area (Å²) < 4.78 is 13.7. The van der Waals surface area contributed by atoms with E-state index < -0.39 is 0 Å². The van der Waals surface area contributed by atoms with Crippen molar-refractivity contribution in [1.82, 2.24) is 4.57 Å². The number of hydrogen-bond acceptors (Lipinski definition) is 4. The zero-order chi connectivity index (χ0) is 22.3. The third-order valence-corrected chi connectivity index (χ3v) is 4.99. The monoisotopic (exact) mass is 410 g/mol. The number of benzene rings is 1. The Balaban J connectivity index is 2.42. The molecule has 0 aliphatic heterocycles. The van der Waals surface area contributed by atoms with Gasteiger partial charge >= 0.3 is 0 Å². The lowest BCUT2D eigenvalue weighted by molar-refractivity contribution is 0.321. The molecule has 5 nitrogen and oxygen atoms in total. The van der Waals surface area contributed by atoms with E-state index in [0.29, 0.717) is 30.0 Å². The molecule has 0 atom stereocenters. The number of allylic oxidation sites excluding steroid dienone is 5. The van der Waals surface area contributed by atoms with Gasteiger partial charge in [-0.15, -0.1) is 0 Å². The van der Waals surface area contributed by atoms with Crippen LogP contribution in [0.25, 0.3) is 10.9 Å². The van der Waals surface area contributed by atoms with Gasteiger partial charge < -0.3 is 19.8 Å². The van der Waals surface area contributed by atoms with Crippen LogP contribution in [0, 0.1) is 0 Å². The molecule has 0 amide bonds. The molecule has 5 heteroatoms. The normalized spacial score (nSPS) is 12.2. The van der Waals surface area contributed by atoms with Crippen LogP contribution in [0.1, 0.15) is 53.9 Å². The van der Waals surface area contributed by atoms with E-state index in [-0.39, 0.29) is 11.3 Å². The van der Waals surface area contributed by atoms with Crippen molar-refractivity contribution in [2.75, 3.05) is 12.3 Å². The number of hydrogen-bond donors (Lipinski definition) is 1. The van der Waals surface area contributed by atoms with Gasteiger partial charge in [0.1, 0.15) is 6.61 Å². The minimum absolute atomic E-state index is 0.218. The third kappa shape index (κ3) is 5.78. The number of rotatable bonds is 9. The molecule has 2 N–H and O–H groups in total. The second-order valence-corrected chi connectivity index (χ2v) is 7.69. The van der Waals surface area contributed by atoms with E-state index in [0.717, 1.165) is 24.0 Å². The largest absolute Gasteiger partial charge is 0.481 e. The van der Waals surface area contributed by atoms with E-state index in [1.54, 1.807) is 23.7 Å². The number of nitrogens with two attached hydrogens (primary N) is 1. The van der Waals surface area contributed by atoms with E-state index in [4.69, 9.17) is 15.2 Å². The number of anilines is 1. The summed E-state index contributed by atoms with van der Waals surface area (Å²) in [5.41, 5.74) is 9.54. The average Bonchev–Trinajstić information content (AvgIpc) is 2.71. The van der Waals surface area contributed by atoms with Gasteiger partial charge in [-0.1, -0.05) is 24.1 Å². The van der Waals surface area contributed by atoms with E-state index in [9.17, 15) is 4.79 Å². The van der Waals surface area contributed by atoms with Gasteiger partial charge in [0, 0.05) is 24.5 Å². The summed E-state index contributed by atoms with van der Waals surface area (Å²) in [7, 11) is 1.72. The van der Waals surface area contributed by atoms with Gasteiger partial charge in [0.05, 0.1) is 11.3 Å². The molecule has 0 spiro atoms. The van der Waals surface area contributed by atoms with Crippen molar-refractivity contribution in [2.45, 2.75) is 53.9 Å². The second kappa shape index (κ2) is 10.7. The van der Waals surface area contributed by atoms with Crippen molar-refractivity contribution in [3.8, 4) is 11.5 Å². The predicted molar refractivity (Wildman–Crippen MR) is 126 cm³/mol. The van der Waals surface area contributed by atoms with Crippen molar-refractivity contribution >= 4 is 16.6 Å². The number of fused-ring (bicyclic) bond motifs is 1. The maximum Gasteiger partial charge on any atom is 0.297 e. The van der Waals surface area contributed by atoms with Crippen molar-refractivity contribution in [2.24, 2.45) is 7.05 Å². The molecule has 2 aromatic rings. The SMILES string of the molecule is CC=C(CC)Oc1c(OC/C=C(\C)CCC=C(C)C)c(=O)n(C)c2cc(N)ccc12. The Morgan fingerprint density at radius 1 is 1.17 bits per heavy atom. The highest BCUT2D eigenvalue weighted by molar-refractivity contribution is 5.90. The van der Waals surface area contributed by atoms with Gasteiger partial charge in [0.2, 0.25) is 5.75 Å². The Kier molecular flexibility index (Phi) is 8.34. The molecule has 1 aromatic heterocycles. The van der Waals surface area contributed by atoms with Crippen LogP contribution in [0.2, 0.25) is 0 Å². The standard InChI is InChI=1S/C25H34N2O3/c1-7-20(8-2)30-23-21-13-12-19(26)16-22(21)27(6)25(28)24(23)29-15-14-18(5)11-9-10-17(3)4/h7,10,12-14,16H,8-9,11,15,26H2,1-6H3/b18-14+,20-7?. The molecule has 0 bridgehead atoms. The molecule has 0 saturated heterocycles. The fourth-order valence-corrected chi connectivity index (χ4v) is 3.15. The first-order valence-electron chi connectivity index (χ1n) is 10.5. The molecule has 0 radical (unpaired) electrons. The zero-order valence-corrected chi connectivity index (χ0v) is 19.0. The third-order valence-electron chi connectivity index (χ3n) is 4.99. The Hall–Kier alpha value is -2.95. The summed E-state index contributed by atoms with van der Waals surface area (Å²) in [5, 5.41) is 0.790. The Morgan fingerprint density at radius 2 is 1.90 bits per heavy atom. The highest BCUT2D eigenvalue weighted by atomic mass is 16.5. The first kappa shape index (κ1) is 23.3. The number of nitrogens with zero attached hydrogens (tertiary/aromatic N) is 1. The average molecular weight is 411 g/mol. The van der Waals surface area contributed by atoms with Crippen molar-refractivity contribution in [3.63, 3.8) is 0 Å². The second-order valence-electron chi connectivity index (χ2n) is 7.69. The summed E-state index contributed by atoms with van der Waals surface area (Å²) in [6.07, 6.45) is 8.82. The first-order valence-corrected chi connectivity index (χ1v) is 10.5. The van der Waals surface area contributed by atoms with Gasteiger partial charge in [-0.05, 0) is 70.9 Å². The summed E-state index contributed by atoms with van der Waals surface area (Å²) >= 11 is 0. The summed E-state index contributed by atoms with van der Waals surface area (Å²) in [5.74, 6) is 1.44. The molecular weight excluding hydrogens is 376 g/mol. The molecule has 0 aliphatic carbocycles. The lowest BCUT2D eigenvalue weighted by Crippen LogP contribution is -2.21. The molecule has 0 saturated carbocycles. The summed E-state index contributed by atoms with van der Waals surface area (Å²) in [6.45, 7) is 10.5. The van der Waals surface area contributed by atoms with Crippen molar-refractivity contribution in [1.29, 1.82) is 0 Å². The van der Waals surface area contributed by atoms with E-state index in [1.807, 2.05) is 32.1 Å². The predicted octanol–water partition coefficient (Wildman–Crippen LogP) is 5.88. The molecule has 0 unspecified atom stereocenters. The van der Waals surface area contributed by atoms with Crippen LogP contribution in [0.3, 0.4) is 0 Å². The number of pyridine rings is 1. The van der Waals surface area contributed by atoms with E-state index in [1.165, 1.54) is 11.1 Å². The van der Waals surface area contributed by atoms with Gasteiger partial charge in [0.25, 0.3) is 5.56 Å². The fourth-order valence-electron chi connectivity index (χ4n) is 3.15. The Morgan fingerprint density at radius 3 is 2.53 bits per heavy atom. The molecule has 1 heterocycles. The van der Waals surface area contributed by atoms with Gasteiger partial charge in [-0.2, -0.15) is 0 Å². The first-order chi connectivity index (χ1) is 14.3. The zero-order valence-electron chi connectivity index (χ0n) is 19.0. The van der Waals surface area contributed by atoms with Crippen molar-refractivity contribution < 1.29 is 9.47 Å². The molecule has 1 aromatic carbocycles. The Bertz CT molecular complexity index is 1040. The van der Waals surface area contributed by atoms with Gasteiger partial charge in [-0.3, -0.25) is 4.79 Å². The maximum absolute atomic E-state index is 13.1. The number of aromatic nitrogens is 1. The van der Waals surface area contributed by atoms with Crippen LogP contribution in [-0.2, 0) is 7.05 Å². The minimum atomic E-state index is -0.245. The number of nitrogen functional groups attached to an aromatic ring is 1. The maximum atomic E-state index is 13.1. The van der Waals surface area contributed by atoms with E-state index in [2.05, 4.69) is 26.8 Å². The molecular formula is C25H34N2O3. The summed E-state index contributed by atoms with van der Waals surface area (Å²) in [4.78, 5) is 13.1. The van der Waals surface area contributed by atoms with Crippen LogP contribution in [0.15, 0.2) is 58.1 Å². The minimum Gasteiger partial charge on any atom is -0.481 e. The van der Waals surface area contributed by atoms with Crippen LogP contribution in [0.4, 0.5) is 5.69 Å². The van der Waals surface area contributed by atoms with Crippen LogP contribution < -0.4 is 20.8 Å². The highest BCUT2D eigenvalue weighted by Gasteiger charge is 2.19. The molecule has 0 aliphatic rings.